The number of hydrogen-bond donors (Lipinski definition) is 0. The van der Waals surface area contributed by atoms with Crippen LogP contribution < -0.4 is 0 Å². The summed E-state index contributed by atoms with van der Waals surface area (Å²) in [6, 6.07) is 19.2. The first-order valence-corrected chi connectivity index (χ1v) is 11.8. The molecule has 0 fully saturated rings. The van der Waals surface area contributed by atoms with Gasteiger partial charge in [-0.15, -0.1) is 0 Å². The van der Waals surface area contributed by atoms with Gasteiger partial charge in [0, 0.05) is 11.1 Å². The van der Waals surface area contributed by atoms with Crippen LogP contribution in [0.15, 0.2) is 60.2 Å². The van der Waals surface area contributed by atoms with E-state index >= 15 is 0 Å². The van der Waals surface area contributed by atoms with Crippen molar-refractivity contribution in [3.05, 3.63) is 76.9 Å². The van der Waals surface area contributed by atoms with E-state index < -0.39 is 5.97 Å². The van der Waals surface area contributed by atoms with Crippen LogP contribution in [0.2, 0.25) is 0 Å². The summed E-state index contributed by atoms with van der Waals surface area (Å²) in [5.74, 6) is 5.77. The first-order chi connectivity index (χ1) is 15.1. The predicted octanol–water partition coefficient (Wildman–Crippen LogP) is 6.52. The molecule has 0 aliphatic heterocycles. The summed E-state index contributed by atoms with van der Waals surface area (Å²) in [6.45, 7) is 4.59. The van der Waals surface area contributed by atoms with Gasteiger partial charge in [0.1, 0.15) is 11.6 Å². The van der Waals surface area contributed by atoms with E-state index in [1.54, 1.807) is 0 Å². The molecule has 3 nitrogen and oxygen atoms in total. The molecule has 1 unspecified atom stereocenters. The summed E-state index contributed by atoms with van der Waals surface area (Å²) in [6.07, 6.45) is 4.19. The van der Waals surface area contributed by atoms with Crippen molar-refractivity contribution in [1.29, 1.82) is 5.26 Å². The Morgan fingerprint density at radius 2 is 1.74 bits per heavy atom. The fourth-order valence-corrected chi connectivity index (χ4v) is 3.42. The Kier molecular flexibility index (Phi) is 10.6. The molecule has 4 heteroatoms. The van der Waals surface area contributed by atoms with Crippen LogP contribution >= 0.6 is 15.9 Å². The highest BCUT2D eigenvalue weighted by Crippen LogP contribution is 2.28. The summed E-state index contributed by atoms with van der Waals surface area (Å²) in [5, 5.41) is 10.5. The van der Waals surface area contributed by atoms with Gasteiger partial charge in [0.05, 0.1) is 11.9 Å². The molecule has 0 aliphatic rings. The minimum Gasteiger partial charge on any atom is -0.461 e. The highest BCUT2D eigenvalue weighted by molar-refractivity contribution is 9.09. The van der Waals surface area contributed by atoms with E-state index in [0.29, 0.717) is 23.4 Å². The summed E-state index contributed by atoms with van der Waals surface area (Å²) in [7, 11) is 0. The molecule has 2 rings (SSSR count). The number of rotatable bonds is 9. The summed E-state index contributed by atoms with van der Waals surface area (Å²) >= 11 is 3.29. The molecule has 0 aromatic heterocycles. The number of esters is 1. The van der Waals surface area contributed by atoms with Gasteiger partial charge in [-0.3, -0.25) is 0 Å². The van der Waals surface area contributed by atoms with Gasteiger partial charge in [-0.1, -0.05) is 103 Å². The number of alkyl halides is 1. The molecule has 160 valence electrons. The molecule has 2 aromatic carbocycles. The number of halogens is 1. The average Bonchev–Trinajstić information content (AvgIpc) is 2.82. The number of carbonyl (C=O) groups excluding carboxylic acids is 1. The fraction of sp³-hybridized carbons (Fsp3) is 0.333. The molecular weight excluding hydrogens is 450 g/mol. The van der Waals surface area contributed by atoms with E-state index in [1.807, 2.05) is 54.6 Å². The standard InChI is InChI=1S/C27H28BrNO2/c1-3-5-10-21(4-2)20-31-27(30)25(19-29)26(23-12-7-6-8-13-23)24-16-14-22(15-17-24)11-9-18-28/h6-8,12-17,21H,3-5,10,18,20H2,1-2H3/b26-25-. The second kappa shape index (κ2) is 13.5. The number of carbonyl (C=O) groups is 1. The molecule has 0 bridgehead atoms. The zero-order valence-electron chi connectivity index (χ0n) is 18.2. The Balaban J connectivity index is 2.40. The topological polar surface area (TPSA) is 50.1 Å². The monoisotopic (exact) mass is 477 g/mol. The van der Waals surface area contributed by atoms with E-state index in [-0.39, 0.29) is 5.57 Å². The van der Waals surface area contributed by atoms with E-state index in [1.165, 1.54) is 0 Å². The van der Waals surface area contributed by atoms with Crippen LogP contribution in [0.25, 0.3) is 5.57 Å². The molecule has 0 amide bonds. The van der Waals surface area contributed by atoms with Crippen LogP contribution in [0.1, 0.15) is 56.2 Å². The van der Waals surface area contributed by atoms with Crippen molar-refractivity contribution in [3.63, 3.8) is 0 Å². The van der Waals surface area contributed by atoms with Crippen molar-refractivity contribution in [3.8, 4) is 17.9 Å². The number of nitrogens with zero attached hydrogens (tertiary/aromatic N) is 1. The first kappa shape index (κ1) is 24.4. The number of nitriles is 1. The third-order valence-electron chi connectivity index (χ3n) is 5.09. The Labute approximate surface area is 194 Å². The van der Waals surface area contributed by atoms with Crippen LogP contribution in [-0.2, 0) is 9.53 Å². The number of ether oxygens (including phenoxy) is 1. The molecule has 1 atom stereocenters. The SMILES string of the molecule is CCCCC(CC)COC(=O)/C(C#N)=C(/c1ccccc1)c1ccc(C#CCBr)cc1. The Bertz CT molecular complexity index is 976. The van der Waals surface area contributed by atoms with Gasteiger partial charge in [-0.2, -0.15) is 5.26 Å². The van der Waals surface area contributed by atoms with Gasteiger partial charge >= 0.3 is 5.97 Å². The highest BCUT2D eigenvalue weighted by Gasteiger charge is 2.21. The van der Waals surface area contributed by atoms with Gasteiger partial charge in [-0.25, -0.2) is 4.79 Å². The third-order valence-corrected chi connectivity index (χ3v) is 5.38. The van der Waals surface area contributed by atoms with Gasteiger partial charge in [0.25, 0.3) is 0 Å². The Morgan fingerprint density at radius 3 is 2.32 bits per heavy atom. The quantitative estimate of drug-likeness (QED) is 0.136. The Morgan fingerprint density at radius 1 is 1.06 bits per heavy atom. The van der Waals surface area contributed by atoms with Gasteiger partial charge < -0.3 is 4.74 Å². The maximum absolute atomic E-state index is 12.9. The van der Waals surface area contributed by atoms with Crippen molar-refractivity contribution in [2.75, 3.05) is 11.9 Å². The minimum atomic E-state index is -0.570. The minimum absolute atomic E-state index is 0.0239. The van der Waals surface area contributed by atoms with Gasteiger partial charge in [0.15, 0.2) is 0 Å². The lowest BCUT2D eigenvalue weighted by atomic mass is 9.92. The van der Waals surface area contributed by atoms with Crippen LogP contribution in [-0.4, -0.2) is 17.9 Å². The zero-order chi connectivity index (χ0) is 22.5. The van der Waals surface area contributed by atoms with Crippen LogP contribution in [0.5, 0.6) is 0 Å². The van der Waals surface area contributed by atoms with Crippen LogP contribution in [0.4, 0.5) is 0 Å². The van der Waals surface area contributed by atoms with Crippen LogP contribution in [0, 0.1) is 29.1 Å². The summed E-state index contributed by atoms with van der Waals surface area (Å²) in [5.41, 5.74) is 3.05. The highest BCUT2D eigenvalue weighted by atomic mass is 79.9. The maximum Gasteiger partial charge on any atom is 0.349 e. The van der Waals surface area contributed by atoms with E-state index in [9.17, 15) is 10.1 Å². The van der Waals surface area contributed by atoms with Crippen molar-refractivity contribution in [1.82, 2.24) is 0 Å². The molecule has 0 radical (unpaired) electrons. The second-order valence-corrected chi connectivity index (χ2v) is 7.82. The Hall–Kier alpha value is -2.82. The number of unbranched alkanes of at least 4 members (excludes halogenated alkanes) is 1. The molecule has 31 heavy (non-hydrogen) atoms. The van der Waals surface area contributed by atoms with E-state index in [2.05, 4.69) is 47.7 Å². The normalized spacial score (nSPS) is 12.1. The third kappa shape index (κ3) is 7.42. The fourth-order valence-electron chi connectivity index (χ4n) is 3.28. The molecule has 0 heterocycles. The van der Waals surface area contributed by atoms with Crippen molar-refractivity contribution < 1.29 is 9.53 Å². The summed E-state index contributed by atoms with van der Waals surface area (Å²) < 4.78 is 5.60. The lowest BCUT2D eigenvalue weighted by Gasteiger charge is -2.16. The second-order valence-electron chi connectivity index (χ2n) is 7.26. The maximum atomic E-state index is 12.9. The van der Waals surface area contributed by atoms with Gasteiger partial charge in [0.2, 0.25) is 0 Å². The first-order valence-electron chi connectivity index (χ1n) is 10.7. The lowest BCUT2D eigenvalue weighted by Crippen LogP contribution is -2.16. The molecule has 0 aliphatic carbocycles. The van der Waals surface area contributed by atoms with E-state index in [0.717, 1.165) is 42.4 Å². The zero-order valence-corrected chi connectivity index (χ0v) is 19.7. The average molecular weight is 478 g/mol. The summed E-state index contributed by atoms with van der Waals surface area (Å²) in [4.78, 5) is 12.9. The molecule has 0 saturated carbocycles. The molecule has 0 saturated heterocycles. The van der Waals surface area contributed by atoms with Crippen molar-refractivity contribution in [2.24, 2.45) is 5.92 Å². The molecule has 0 N–H and O–H groups in total. The predicted molar refractivity (Wildman–Crippen MR) is 129 cm³/mol. The smallest absolute Gasteiger partial charge is 0.349 e. The molecular formula is C27H28BrNO2. The van der Waals surface area contributed by atoms with Crippen molar-refractivity contribution >= 4 is 27.5 Å². The van der Waals surface area contributed by atoms with Gasteiger partial charge in [-0.05, 0) is 35.6 Å². The van der Waals surface area contributed by atoms with Crippen molar-refractivity contribution in [2.45, 2.75) is 39.5 Å². The largest absolute Gasteiger partial charge is 0.461 e. The lowest BCUT2D eigenvalue weighted by molar-refractivity contribution is -0.139. The van der Waals surface area contributed by atoms with E-state index in [4.69, 9.17) is 4.74 Å². The number of hydrogen-bond acceptors (Lipinski definition) is 3. The number of benzene rings is 2. The van der Waals surface area contributed by atoms with Crippen LogP contribution in [0.3, 0.4) is 0 Å². The molecule has 2 aromatic rings. The molecule has 0 spiro atoms.